The highest BCUT2D eigenvalue weighted by molar-refractivity contribution is 7.16. The van der Waals surface area contributed by atoms with E-state index in [1.807, 2.05) is 6.19 Å². The summed E-state index contributed by atoms with van der Waals surface area (Å²) in [7, 11) is 1.73. The van der Waals surface area contributed by atoms with E-state index < -0.39 is 0 Å². The first kappa shape index (κ1) is 16.1. The standard InChI is InChI=1S/C14H19ClN4OS/c1-14(2,3)10-11(15)18-13(21-10)19(4)12(20)8-5-9(6-8)17-7-16/h8-9,17H,5-6H2,1-4H3. The second kappa shape index (κ2) is 5.82. The second-order valence-corrected chi connectivity index (χ2v) is 7.72. The molecule has 1 aliphatic rings. The van der Waals surface area contributed by atoms with E-state index in [0.29, 0.717) is 23.1 Å². The largest absolute Gasteiger partial charge is 0.321 e. The SMILES string of the molecule is CN(C(=O)C1CC(NC#N)C1)c1nc(Cl)c(C(C)(C)C)s1. The van der Waals surface area contributed by atoms with Crippen molar-refractivity contribution < 1.29 is 4.79 Å². The lowest BCUT2D eigenvalue weighted by Gasteiger charge is -2.34. The highest BCUT2D eigenvalue weighted by Gasteiger charge is 2.37. The molecule has 2 rings (SSSR count). The van der Waals surface area contributed by atoms with Crippen LogP contribution in [0.3, 0.4) is 0 Å². The Bertz CT molecular complexity index is 581. The summed E-state index contributed by atoms with van der Waals surface area (Å²) in [6.45, 7) is 6.21. The van der Waals surface area contributed by atoms with Gasteiger partial charge in [0.25, 0.3) is 0 Å². The van der Waals surface area contributed by atoms with Gasteiger partial charge < -0.3 is 5.32 Å². The van der Waals surface area contributed by atoms with Crippen molar-refractivity contribution in [2.45, 2.75) is 45.1 Å². The lowest BCUT2D eigenvalue weighted by Crippen LogP contribution is -2.46. The minimum atomic E-state index is -0.0881. The lowest BCUT2D eigenvalue weighted by molar-refractivity contribution is -0.125. The van der Waals surface area contributed by atoms with E-state index in [0.717, 1.165) is 4.88 Å². The summed E-state index contributed by atoms with van der Waals surface area (Å²) in [5.74, 6) is -0.00141. The Balaban J connectivity index is 2.06. The number of hydrogen-bond donors (Lipinski definition) is 1. The summed E-state index contributed by atoms with van der Waals surface area (Å²) >= 11 is 7.65. The van der Waals surface area contributed by atoms with Crippen molar-refractivity contribution in [3.05, 3.63) is 10.0 Å². The van der Waals surface area contributed by atoms with Gasteiger partial charge in [-0.25, -0.2) is 4.98 Å². The van der Waals surface area contributed by atoms with Crippen molar-refractivity contribution in [2.24, 2.45) is 5.92 Å². The fourth-order valence-corrected chi connectivity index (χ4v) is 3.81. The number of carbonyl (C=O) groups excluding carboxylic acids is 1. The minimum absolute atomic E-state index is 0.0388. The van der Waals surface area contributed by atoms with Crippen LogP contribution in [0.25, 0.3) is 0 Å². The van der Waals surface area contributed by atoms with E-state index in [4.69, 9.17) is 16.9 Å². The molecule has 0 unspecified atom stereocenters. The number of carbonyl (C=O) groups is 1. The van der Waals surface area contributed by atoms with Gasteiger partial charge in [0.15, 0.2) is 11.3 Å². The third-order valence-electron chi connectivity index (χ3n) is 3.63. The van der Waals surface area contributed by atoms with Gasteiger partial charge in [-0.2, -0.15) is 5.26 Å². The van der Waals surface area contributed by atoms with Gasteiger partial charge in [-0.3, -0.25) is 9.69 Å². The number of nitrogens with zero attached hydrogens (tertiary/aromatic N) is 3. The van der Waals surface area contributed by atoms with Gasteiger partial charge in [0, 0.05) is 19.0 Å². The third-order valence-corrected chi connectivity index (χ3v) is 5.57. The summed E-state index contributed by atoms with van der Waals surface area (Å²) in [6, 6.07) is 0.127. The molecule has 1 saturated carbocycles. The van der Waals surface area contributed by atoms with Gasteiger partial charge in [0.2, 0.25) is 5.91 Å². The number of thiazole rings is 1. The molecular weight excluding hydrogens is 308 g/mol. The maximum absolute atomic E-state index is 12.4. The highest BCUT2D eigenvalue weighted by Crippen LogP contribution is 2.39. The molecular formula is C14H19ClN4OS. The zero-order valence-corrected chi connectivity index (χ0v) is 14.2. The Morgan fingerprint density at radius 1 is 1.52 bits per heavy atom. The molecule has 0 aliphatic heterocycles. The minimum Gasteiger partial charge on any atom is -0.321 e. The Labute approximate surface area is 133 Å². The molecule has 5 nitrogen and oxygen atoms in total. The molecule has 0 bridgehead atoms. The molecule has 1 aromatic rings. The molecule has 0 radical (unpaired) electrons. The molecule has 1 amide bonds. The number of nitriles is 1. The second-order valence-electron chi connectivity index (χ2n) is 6.39. The lowest BCUT2D eigenvalue weighted by atomic mass is 9.79. The van der Waals surface area contributed by atoms with Crippen molar-refractivity contribution in [3.8, 4) is 6.19 Å². The molecule has 7 heteroatoms. The van der Waals surface area contributed by atoms with E-state index in [1.165, 1.54) is 11.3 Å². The number of amides is 1. The van der Waals surface area contributed by atoms with Crippen LogP contribution in [0.15, 0.2) is 0 Å². The first-order chi connectivity index (χ1) is 9.74. The average molecular weight is 327 g/mol. The smallest absolute Gasteiger partial charge is 0.231 e. The summed E-state index contributed by atoms with van der Waals surface area (Å²) < 4.78 is 0. The molecule has 1 aliphatic carbocycles. The van der Waals surface area contributed by atoms with Crippen LogP contribution in [0, 0.1) is 17.4 Å². The van der Waals surface area contributed by atoms with Crippen LogP contribution in [0.2, 0.25) is 5.15 Å². The number of anilines is 1. The average Bonchev–Trinajstić information content (AvgIpc) is 2.73. The van der Waals surface area contributed by atoms with Gasteiger partial charge in [-0.1, -0.05) is 43.7 Å². The number of nitrogens with one attached hydrogen (secondary N) is 1. The normalized spacial score (nSPS) is 21.3. The fourth-order valence-electron chi connectivity index (χ4n) is 2.29. The van der Waals surface area contributed by atoms with Crippen LogP contribution in [-0.2, 0) is 10.2 Å². The number of rotatable bonds is 3. The van der Waals surface area contributed by atoms with Gasteiger partial charge in [0.1, 0.15) is 5.15 Å². The van der Waals surface area contributed by atoms with Crippen LogP contribution in [0.5, 0.6) is 0 Å². The van der Waals surface area contributed by atoms with Crippen molar-refractivity contribution >= 4 is 34.0 Å². The molecule has 1 aromatic heterocycles. The number of hydrogen-bond acceptors (Lipinski definition) is 5. The Hall–Kier alpha value is -1.32. The topological polar surface area (TPSA) is 69.0 Å². The van der Waals surface area contributed by atoms with E-state index in [2.05, 4.69) is 31.1 Å². The molecule has 0 aromatic carbocycles. The zero-order valence-electron chi connectivity index (χ0n) is 12.6. The van der Waals surface area contributed by atoms with Gasteiger partial charge >= 0.3 is 0 Å². The molecule has 0 saturated heterocycles. The molecule has 114 valence electrons. The third kappa shape index (κ3) is 3.30. The molecule has 0 spiro atoms. The summed E-state index contributed by atoms with van der Waals surface area (Å²) in [5.41, 5.74) is -0.0881. The van der Waals surface area contributed by atoms with Crippen LogP contribution < -0.4 is 10.2 Å². The van der Waals surface area contributed by atoms with Crippen molar-refractivity contribution in [3.63, 3.8) is 0 Å². The molecule has 0 atom stereocenters. The first-order valence-corrected chi connectivity index (χ1v) is 8.02. The Morgan fingerprint density at radius 2 is 2.14 bits per heavy atom. The first-order valence-electron chi connectivity index (χ1n) is 6.83. The van der Waals surface area contributed by atoms with Crippen LogP contribution in [0.1, 0.15) is 38.5 Å². The fraction of sp³-hybridized carbons (Fsp3) is 0.643. The number of halogens is 1. The molecule has 1 fully saturated rings. The summed E-state index contributed by atoms with van der Waals surface area (Å²) in [6.07, 6.45) is 3.31. The van der Waals surface area contributed by atoms with Crippen LogP contribution in [0.4, 0.5) is 5.13 Å². The highest BCUT2D eigenvalue weighted by atomic mass is 35.5. The maximum Gasteiger partial charge on any atom is 0.231 e. The monoisotopic (exact) mass is 326 g/mol. The van der Waals surface area contributed by atoms with E-state index in [1.54, 1.807) is 11.9 Å². The predicted molar refractivity (Wildman–Crippen MR) is 84.5 cm³/mol. The van der Waals surface area contributed by atoms with Crippen molar-refractivity contribution in [1.29, 1.82) is 5.26 Å². The van der Waals surface area contributed by atoms with Crippen LogP contribution >= 0.6 is 22.9 Å². The van der Waals surface area contributed by atoms with Gasteiger partial charge in [-0.05, 0) is 18.3 Å². The van der Waals surface area contributed by atoms with Crippen molar-refractivity contribution in [1.82, 2.24) is 10.3 Å². The Kier molecular flexibility index (Phi) is 4.45. The summed E-state index contributed by atoms with van der Waals surface area (Å²) in [4.78, 5) is 19.3. The molecule has 1 heterocycles. The number of aromatic nitrogens is 1. The predicted octanol–water partition coefficient (Wildman–Crippen LogP) is 2.91. The van der Waals surface area contributed by atoms with E-state index >= 15 is 0 Å². The van der Waals surface area contributed by atoms with E-state index in [-0.39, 0.29) is 23.3 Å². The summed E-state index contributed by atoms with van der Waals surface area (Å²) in [5, 5.41) is 12.3. The molecule has 1 N–H and O–H groups in total. The van der Waals surface area contributed by atoms with Crippen LogP contribution in [-0.4, -0.2) is 24.0 Å². The molecule has 21 heavy (non-hydrogen) atoms. The quantitative estimate of drug-likeness (QED) is 0.685. The Morgan fingerprint density at radius 3 is 2.62 bits per heavy atom. The maximum atomic E-state index is 12.4. The van der Waals surface area contributed by atoms with E-state index in [9.17, 15) is 4.79 Å². The van der Waals surface area contributed by atoms with Crippen molar-refractivity contribution in [2.75, 3.05) is 11.9 Å². The van der Waals surface area contributed by atoms with Gasteiger partial charge in [0.05, 0.1) is 4.88 Å². The van der Waals surface area contributed by atoms with Gasteiger partial charge in [-0.15, -0.1) is 0 Å². The zero-order chi connectivity index (χ0) is 15.8.